The number of hydrogen-bond acceptors (Lipinski definition) is 4. The third kappa shape index (κ3) is 2.67. The van der Waals surface area contributed by atoms with Crippen molar-refractivity contribution >= 4 is 17.3 Å². The van der Waals surface area contributed by atoms with Crippen LogP contribution in [-0.4, -0.2) is 21.2 Å². The fraction of sp³-hybridized carbons (Fsp3) is 0.714. The molecule has 0 saturated heterocycles. The molecule has 2 N–H and O–H groups in total. The molecular weight excluding hydrogens is 262 g/mol. The Hall–Kier alpha value is -0.940. The monoisotopic (exact) mass is 283 g/mol. The molecular formula is C14H21NO3S. The van der Waals surface area contributed by atoms with Crippen LogP contribution in [-0.2, 0) is 10.4 Å². The highest BCUT2D eigenvalue weighted by Gasteiger charge is 2.47. The molecule has 1 aliphatic rings. The van der Waals surface area contributed by atoms with E-state index in [0.717, 1.165) is 11.4 Å². The van der Waals surface area contributed by atoms with E-state index in [1.807, 2.05) is 19.2 Å². The van der Waals surface area contributed by atoms with Crippen LogP contribution in [0, 0.1) is 17.3 Å². The van der Waals surface area contributed by atoms with Gasteiger partial charge >= 0.3 is 5.97 Å². The largest absolute Gasteiger partial charge is 0.481 e. The van der Waals surface area contributed by atoms with Gasteiger partial charge in [0.2, 0.25) is 0 Å². The van der Waals surface area contributed by atoms with Gasteiger partial charge in [-0.2, -0.15) is 0 Å². The molecule has 5 heteroatoms. The number of aliphatic carboxylic acids is 1. The van der Waals surface area contributed by atoms with Crippen molar-refractivity contribution < 1.29 is 15.0 Å². The van der Waals surface area contributed by atoms with Crippen molar-refractivity contribution in [1.82, 2.24) is 4.98 Å². The number of carboxylic acid groups (broad SMARTS) is 1. The highest BCUT2D eigenvalue weighted by Crippen LogP contribution is 2.49. The van der Waals surface area contributed by atoms with E-state index in [4.69, 9.17) is 0 Å². The Balaban J connectivity index is 2.19. The van der Waals surface area contributed by atoms with Crippen molar-refractivity contribution in [1.29, 1.82) is 0 Å². The second kappa shape index (κ2) is 4.87. The maximum absolute atomic E-state index is 11.3. The van der Waals surface area contributed by atoms with Crippen LogP contribution in [0.25, 0.3) is 0 Å². The number of hydrogen-bond donors (Lipinski definition) is 2. The highest BCUT2D eigenvalue weighted by molar-refractivity contribution is 7.09. The highest BCUT2D eigenvalue weighted by atomic mass is 32.1. The van der Waals surface area contributed by atoms with Gasteiger partial charge in [0, 0.05) is 11.6 Å². The zero-order chi connectivity index (χ0) is 14.3. The molecule has 1 saturated carbocycles. The molecule has 1 aromatic heterocycles. The van der Waals surface area contributed by atoms with Gasteiger partial charge < -0.3 is 10.2 Å². The minimum absolute atomic E-state index is 0.0595. The number of carbonyl (C=O) groups is 1. The van der Waals surface area contributed by atoms with Gasteiger partial charge in [-0.3, -0.25) is 4.79 Å². The van der Waals surface area contributed by atoms with E-state index < -0.39 is 11.6 Å². The molecule has 2 rings (SSSR count). The summed E-state index contributed by atoms with van der Waals surface area (Å²) in [6, 6.07) is 0. The lowest BCUT2D eigenvalue weighted by atomic mass is 9.62. The van der Waals surface area contributed by atoms with Crippen LogP contribution in [0.15, 0.2) is 11.6 Å². The number of nitrogens with zero attached hydrogens (tertiary/aromatic N) is 1. The Morgan fingerprint density at radius 1 is 1.53 bits per heavy atom. The predicted molar refractivity (Wildman–Crippen MR) is 73.9 cm³/mol. The van der Waals surface area contributed by atoms with Gasteiger partial charge in [0.15, 0.2) is 0 Å². The molecule has 3 atom stereocenters. The first kappa shape index (κ1) is 14.5. The number of rotatable bonds is 3. The summed E-state index contributed by atoms with van der Waals surface area (Å²) in [5.74, 6) is -0.988. The van der Waals surface area contributed by atoms with Crippen molar-refractivity contribution in [3.63, 3.8) is 0 Å². The van der Waals surface area contributed by atoms with Gasteiger partial charge in [-0.25, -0.2) is 4.98 Å². The van der Waals surface area contributed by atoms with Crippen LogP contribution in [0.1, 0.15) is 45.0 Å². The topological polar surface area (TPSA) is 70.4 Å². The van der Waals surface area contributed by atoms with Crippen LogP contribution >= 0.6 is 11.3 Å². The Labute approximate surface area is 117 Å². The van der Waals surface area contributed by atoms with Crippen LogP contribution < -0.4 is 0 Å². The van der Waals surface area contributed by atoms with E-state index in [2.05, 4.69) is 4.98 Å². The lowest BCUT2D eigenvalue weighted by molar-refractivity contribution is -0.151. The van der Waals surface area contributed by atoms with Crippen molar-refractivity contribution in [3.8, 4) is 0 Å². The normalized spacial score (nSPS) is 29.7. The van der Waals surface area contributed by atoms with E-state index in [1.165, 1.54) is 11.3 Å². The Kier molecular flexibility index (Phi) is 3.71. The molecule has 0 amide bonds. The maximum atomic E-state index is 11.3. The smallest absolute Gasteiger partial charge is 0.307 e. The molecule has 0 bridgehead atoms. The molecule has 1 fully saturated rings. The van der Waals surface area contributed by atoms with E-state index in [0.29, 0.717) is 12.8 Å². The molecule has 0 unspecified atom stereocenters. The van der Waals surface area contributed by atoms with Crippen molar-refractivity contribution in [2.75, 3.05) is 0 Å². The molecule has 1 heterocycles. The van der Waals surface area contributed by atoms with Gasteiger partial charge in [-0.05, 0) is 37.5 Å². The van der Waals surface area contributed by atoms with E-state index in [-0.39, 0.29) is 17.3 Å². The van der Waals surface area contributed by atoms with Crippen LogP contribution in [0.2, 0.25) is 0 Å². The van der Waals surface area contributed by atoms with E-state index >= 15 is 0 Å². The zero-order valence-corrected chi connectivity index (χ0v) is 12.4. The fourth-order valence-corrected chi connectivity index (χ4v) is 4.00. The minimum atomic E-state index is -0.963. The molecule has 19 heavy (non-hydrogen) atoms. The average molecular weight is 283 g/mol. The summed E-state index contributed by atoms with van der Waals surface area (Å²) in [5.41, 5.74) is -1.26. The molecule has 0 radical (unpaired) electrons. The Morgan fingerprint density at radius 3 is 2.68 bits per heavy atom. The van der Waals surface area contributed by atoms with Crippen LogP contribution in [0.3, 0.4) is 0 Å². The third-order valence-electron chi connectivity index (χ3n) is 4.48. The number of aliphatic hydroxyl groups is 1. The van der Waals surface area contributed by atoms with Gasteiger partial charge in [0.05, 0.1) is 5.92 Å². The molecule has 1 aliphatic carbocycles. The zero-order valence-electron chi connectivity index (χ0n) is 11.6. The van der Waals surface area contributed by atoms with Gasteiger partial charge in [-0.1, -0.05) is 13.8 Å². The third-order valence-corrected chi connectivity index (χ3v) is 5.48. The van der Waals surface area contributed by atoms with Gasteiger partial charge in [0.1, 0.15) is 10.6 Å². The first-order chi connectivity index (χ1) is 8.75. The summed E-state index contributed by atoms with van der Waals surface area (Å²) >= 11 is 1.45. The lowest BCUT2D eigenvalue weighted by Crippen LogP contribution is -2.43. The molecule has 0 aliphatic heterocycles. The molecule has 0 spiro atoms. The van der Waals surface area contributed by atoms with Crippen LogP contribution in [0.4, 0.5) is 0 Å². The fourth-order valence-electron chi connectivity index (χ4n) is 3.22. The lowest BCUT2D eigenvalue weighted by Gasteiger charge is -2.44. The van der Waals surface area contributed by atoms with Gasteiger partial charge in [0.25, 0.3) is 0 Å². The second-order valence-electron chi connectivity index (χ2n) is 6.34. The quantitative estimate of drug-likeness (QED) is 0.895. The van der Waals surface area contributed by atoms with E-state index in [9.17, 15) is 15.0 Å². The van der Waals surface area contributed by atoms with Crippen molar-refractivity contribution in [3.05, 3.63) is 16.6 Å². The van der Waals surface area contributed by atoms with E-state index in [1.54, 1.807) is 13.1 Å². The molecule has 0 aromatic carbocycles. The Morgan fingerprint density at radius 2 is 2.21 bits per heavy atom. The van der Waals surface area contributed by atoms with Crippen LogP contribution in [0.5, 0.6) is 0 Å². The molecule has 1 aromatic rings. The number of aromatic nitrogens is 1. The first-order valence-corrected chi connectivity index (χ1v) is 7.48. The Bertz CT molecular complexity index is 453. The first-order valence-electron chi connectivity index (χ1n) is 6.60. The van der Waals surface area contributed by atoms with Crippen molar-refractivity contribution in [2.45, 2.75) is 45.6 Å². The summed E-state index contributed by atoms with van der Waals surface area (Å²) in [6.45, 7) is 5.76. The SMILES string of the molecule is CC1(C)C[C@H]([C@](C)(O)c2nccs2)CC[C@@H]1C(=O)O. The summed E-state index contributed by atoms with van der Waals surface area (Å²) in [4.78, 5) is 15.5. The van der Waals surface area contributed by atoms with Gasteiger partial charge in [-0.15, -0.1) is 11.3 Å². The summed E-state index contributed by atoms with van der Waals surface area (Å²) in [5, 5.41) is 22.6. The number of thiazole rings is 1. The molecule has 106 valence electrons. The number of carboxylic acids is 1. The summed E-state index contributed by atoms with van der Waals surface area (Å²) in [6.07, 6.45) is 3.75. The standard InChI is InChI=1S/C14H21NO3S/c1-13(2)8-9(4-5-10(13)11(16)17)14(3,18)12-15-6-7-19-12/h6-7,9-10,18H,4-5,8H2,1-3H3,(H,16,17)/t9-,10-,14+/m1/s1. The second-order valence-corrected chi connectivity index (χ2v) is 7.24. The van der Waals surface area contributed by atoms with Crippen molar-refractivity contribution in [2.24, 2.45) is 17.3 Å². The molecule has 4 nitrogen and oxygen atoms in total. The predicted octanol–water partition coefficient (Wildman–Crippen LogP) is 2.88. The maximum Gasteiger partial charge on any atom is 0.307 e. The summed E-state index contributed by atoms with van der Waals surface area (Å²) < 4.78 is 0. The summed E-state index contributed by atoms with van der Waals surface area (Å²) in [7, 11) is 0. The average Bonchev–Trinajstić information content (AvgIpc) is 2.80. The minimum Gasteiger partial charge on any atom is -0.481 e.